The Morgan fingerprint density at radius 3 is 2.58 bits per heavy atom. The summed E-state index contributed by atoms with van der Waals surface area (Å²) in [6, 6.07) is 10.6. The number of thioether (sulfide) groups is 1. The molecule has 0 aliphatic rings. The summed E-state index contributed by atoms with van der Waals surface area (Å²) in [5.41, 5.74) is 1.55. The standard InChI is InChI=1S/C17H17Cl2NO3S/c1-22-13-5-6-15(16(8-13)23-2)20-17(21)10-24-9-11-3-4-12(18)7-14(11)19/h3-8H,9-10H2,1-2H3,(H,20,21). The molecule has 0 spiro atoms. The number of ether oxygens (including phenoxy) is 2. The van der Waals surface area contributed by atoms with E-state index in [4.69, 9.17) is 32.7 Å². The predicted octanol–water partition coefficient (Wildman–Crippen LogP) is 4.88. The maximum atomic E-state index is 12.1. The van der Waals surface area contributed by atoms with E-state index in [9.17, 15) is 4.79 Å². The summed E-state index contributed by atoms with van der Waals surface area (Å²) in [6.07, 6.45) is 0. The van der Waals surface area contributed by atoms with Gasteiger partial charge in [-0.1, -0.05) is 29.3 Å². The zero-order chi connectivity index (χ0) is 17.5. The Labute approximate surface area is 155 Å². The Hall–Kier alpha value is -1.56. The molecule has 7 heteroatoms. The van der Waals surface area contributed by atoms with E-state index in [0.29, 0.717) is 38.7 Å². The van der Waals surface area contributed by atoms with Gasteiger partial charge in [-0.05, 0) is 29.8 Å². The SMILES string of the molecule is COc1ccc(NC(=O)CSCc2ccc(Cl)cc2Cl)c(OC)c1. The van der Waals surface area contributed by atoms with Gasteiger partial charge in [0.05, 0.1) is 25.7 Å². The molecule has 24 heavy (non-hydrogen) atoms. The Kier molecular flexibility index (Phi) is 7.09. The van der Waals surface area contributed by atoms with Crippen LogP contribution in [0.15, 0.2) is 36.4 Å². The monoisotopic (exact) mass is 385 g/mol. The van der Waals surface area contributed by atoms with Crippen LogP contribution in [0, 0.1) is 0 Å². The van der Waals surface area contributed by atoms with Gasteiger partial charge in [-0.3, -0.25) is 4.79 Å². The number of amides is 1. The molecule has 0 saturated carbocycles. The van der Waals surface area contributed by atoms with Crippen molar-refractivity contribution in [3.63, 3.8) is 0 Å². The highest BCUT2D eigenvalue weighted by Crippen LogP contribution is 2.29. The lowest BCUT2D eigenvalue weighted by Crippen LogP contribution is -2.14. The summed E-state index contributed by atoms with van der Waals surface area (Å²) >= 11 is 13.5. The maximum absolute atomic E-state index is 12.1. The third kappa shape index (κ3) is 5.23. The minimum absolute atomic E-state index is 0.117. The average molecular weight is 386 g/mol. The second-order valence-corrected chi connectivity index (χ2v) is 6.67. The molecular weight excluding hydrogens is 369 g/mol. The zero-order valence-corrected chi connectivity index (χ0v) is 15.6. The molecule has 0 aliphatic carbocycles. The van der Waals surface area contributed by atoms with Crippen molar-refractivity contribution in [1.82, 2.24) is 0 Å². The van der Waals surface area contributed by atoms with Gasteiger partial charge in [0.2, 0.25) is 5.91 Å². The van der Waals surface area contributed by atoms with E-state index >= 15 is 0 Å². The fraction of sp³-hybridized carbons (Fsp3) is 0.235. The fourth-order valence-corrected chi connectivity index (χ4v) is 3.37. The molecule has 2 rings (SSSR count). The number of carbonyl (C=O) groups is 1. The normalized spacial score (nSPS) is 10.3. The topological polar surface area (TPSA) is 47.6 Å². The highest BCUT2D eigenvalue weighted by molar-refractivity contribution is 7.99. The van der Waals surface area contributed by atoms with Crippen molar-refractivity contribution < 1.29 is 14.3 Å². The van der Waals surface area contributed by atoms with E-state index in [2.05, 4.69) is 5.32 Å². The van der Waals surface area contributed by atoms with Gasteiger partial charge in [0.25, 0.3) is 0 Å². The van der Waals surface area contributed by atoms with Crippen LogP contribution in [0.25, 0.3) is 0 Å². The number of rotatable bonds is 7. The molecule has 0 fully saturated rings. The molecule has 128 valence electrons. The van der Waals surface area contributed by atoms with Crippen LogP contribution in [0.2, 0.25) is 10.0 Å². The summed E-state index contributed by atoms with van der Waals surface area (Å²) in [4.78, 5) is 12.1. The first-order valence-corrected chi connectivity index (χ1v) is 8.98. The number of hydrogen-bond donors (Lipinski definition) is 1. The number of nitrogens with one attached hydrogen (secondary N) is 1. The third-order valence-corrected chi connectivity index (χ3v) is 4.76. The molecule has 1 amide bonds. The molecule has 0 saturated heterocycles. The lowest BCUT2D eigenvalue weighted by atomic mass is 10.2. The summed E-state index contributed by atoms with van der Waals surface area (Å²) in [5.74, 6) is 2.02. The fourth-order valence-electron chi connectivity index (χ4n) is 1.98. The van der Waals surface area contributed by atoms with Crippen molar-refractivity contribution in [3.05, 3.63) is 52.0 Å². The van der Waals surface area contributed by atoms with Crippen LogP contribution in [0.1, 0.15) is 5.56 Å². The number of methoxy groups -OCH3 is 2. The minimum atomic E-state index is -0.117. The Morgan fingerprint density at radius 1 is 1.12 bits per heavy atom. The number of hydrogen-bond acceptors (Lipinski definition) is 4. The number of benzene rings is 2. The zero-order valence-electron chi connectivity index (χ0n) is 13.3. The molecule has 2 aromatic rings. The van der Waals surface area contributed by atoms with Crippen LogP contribution < -0.4 is 14.8 Å². The Morgan fingerprint density at radius 2 is 1.92 bits per heavy atom. The van der Waals surface area contributed by atoms with E-state index < -0.39 is 0 Å². The van der Waals surface area contributed by atoms with Crippen molar-refractivity contribution in [2.24, 2.45) is 0 Å². The van der Waals surface area contributed by atoms with E-state index in [1.54, 1.807) is 44.6 Å². The molecule has 0 heterocycles. The van der Waals surface area contributed by atoms with Gasteiger partial charge in [0, 0.05) is 21.9 Å². The number of carbonyl (C=O) groups excluding carboxylic acids is 1. The molecule has 1 N–H and O–H groups in total. The van der Waals surface area contributed by atoms with Crippen molar-refractivity contribution in [1.29, 1.82) is 0 Å². The van der Waals surface area contributed by atoms with E-state index in [1.165, 1.54) is 11.8 Å². The maximum Gasteiger partial charge on any atom is 0.234 e. The van der Waals surface area contributed by atoms with Crippen LogP contribution in [0.5, 0.6) is 11.5 Å². The van der Waals surface area contributed by atoms with Gasteiger partial charge in [-0.15, -0.1) is 11.8 Å². The van der Waals surface area contributed by atoms with Crippen LogP contribution >= 0.6 is 35.0 Å². The second-order valence-electron chi connectivity index (χ2n) is 4.84. The second kappa shape index (κ2) is 9.06. The van der Waals surface area contributed by atoms with Crippen molar-refractivity contribution >= 4 is 46.6 Å². The first-order chi connectivity index (χ1) is 11.5. The molecular formula is C17H17Cl2NO3S. The van der Waals surface area contributed by atoms with Crippen molar-refractivity contribution in [2.45, 2.75) is 5.75 Å². The van der Waals surface area contributed by atoms with Crippen LogP contribution in [0.4, 0.5) is 5.69 Å². The number of halogens is 2. The van der Waals surface area contributed by atoms with Crippen LogP contribution in [-0.2, 0) is 10.5 Å². The lowest BCUT2D eigenvalue weighted by molar-refractivity contribution is -0.113. The molecule has 0 atom stereocenters. The lowest BCUT2D eigenvalue weighted by Gasteiger charge is -2.11. The highest BCUT2D eigenvalue weighted by Gasteiger charge is 2.10. The first-order valence-electron chi connectivity index (χ1n) is 7.07. The Balaban J connectivity index is 1.89. The molecule has 0 aromatic heterocycles. The highest BCUT2D eigenvalue weighted by atomic mass is 35.5. The minimum Gasteiger partial charge on any atom is -0.497 e. The van der Waals surface area contributed by atoms with Gasteiger partial charge in [0.15, 0.2) is 0 Å². The summed E-state index contributed by atoms with van der Waals surface area (Å²) in [5, 5.41) is 4.03. The predicted molar refractivity (Wildman–Crippen MR) is 101 cm³/mol. The summed E-state index contributed by atoms with van der Waals surface area (Å²) in [6.45, 7) is 0. The van der Waals surface area contributed by atoms with Crippen molar-refractivity contribution in [3.8, 4) is 11.5 Å². The van der Waals surface area contributed by atoms with Crippen molar-refractivity contribution in [2.75, 3.05) is 25.3 Å². The van der Waals surface area contributed by atoms with Gasteiger partial charge in [0.1, 0.15) is 11.5 Å². The van der Waals surface area contributed by atoms with E-state index in [1.807, 2.05) is 6.07 Å². The molecule has 4 nitrogen and oxygen atoms in total. The van der Waals surface area contributed by atoms with E-state index in [0.717, 1.165) is 5.56 Å². The van der Waals surface area contributed by atoms with Gasteiger partial charge < -0.3 is 14.8 Å². The Bertz CT molecular complexity index is 725. The quantitative estimate of drug-likeness (QED) is 0.737. The van der Waals surface area contributed by atoms with Crippen LogP contribution in [-0.4, -0.2) is 25.9 Å². The average Bonchev–Trinajstić information content (AvgIpc) is 2.57. The third-order valence-electron chi connectivity index (χ3n) is 3.19. The van der Waals surface area contributed by atoms with Gasteiger partial charge in [-0.25, -0.2) is 0 Å². The molecule has 0 aliphatic heterocycles. The largest absolute Gasteiger partial charge is 0.497 e. The number of anilines is 1. The van der Waals surface area contributed by atoms with Gasteiger partial charge in [-0.2, -0.15) is 0 Å². The molecule has 0 radical (unpaired) electrons. The first kappa shape index (κ1) is 18.8. The summed E-state index contributed by atoms with van der Waals surface area (Å²) in [7, 11) is 3.12. The molecule has 0 bridgehead atoms. The summed E-state index contributed by atoms with van der Waals surface area (Å²) < 4.78 is 10.4. The molecule has 0 unspecified atom stereocenters. The smallest absolute Gasteiger partial charge is 0.234 e. The van der Waals surface area contributed by atoms with Crippen LogP contribution in [0.3, 0.4) is 0 Å². The van der Waals surface area contributed by atoms with Gasteiger partial charge >= 0.3 is 0 Å². The molecule has 2 aromatic carbocycles. The van der Waals surface area contributed by atoms with E-state index in [-0.39, 0.29) is 5.91 Å².